The van der Waals surface area contributed by atoms with Crippen LogP contribution in [0.2, 0.25) is 0 Å². The molecular formula is C14H24N2O3. The number of hydrogen-bond acceptors (Lipinski definition) is 4. The lowest BCUT2D eigenvalue weighted by atomic mass is 9.97. The van der Waals surface area contributed by atoms with Crippen LogP contribution in [0, 0.1) is 5.92 Å². The molecule has 0 saturated carbocycles. The van der Waals surface area contributed by atoms with Crippen LogP contribution in [0.3, 0.4) is 0 Å². The predicted octanol–water partition coefficient (Wildman–Crippen LogP) is 2.03. The Labute approximate surface area is 114 Å². The molecule has 1 amide bonds. The van der Waals surface area contributed by atoms with Crippen LogP contribution in [0.1, 0.15) is 45.4 Å². The van der Waals surface area contributed by atoms with E-state index in [0.717, 1.165) is 31.6 Å². The molecule has 2 heterocycles. The van der Waals surface area contributed by atoms with E-state index in [-0.39, 0.29) is 17.9 Å². The summed E-state index contributed by atoms with van der Waals surface area (Å²) in [6.45, 7) is 4.19. The van der Waals surface area contributed by atoms with Crippen molar-refractivity contribution in [2.24, 2.45) is 11.1 Å². The van der Waals surface area contributed by atoms with Gasteiger partial charge in [0.15, 0.2) is 0 Å². The Morgan fingerprint density at radius 3 is 3.00 bits per heavy atom. The summed E-state index contributed by atoms with van der Waals surface area (Å²) in [6.07, 6.45) is 5.82. The molecule has 5 nitrogen and oxygen atoms in total. The van der Waals surface area contributed by atoms with E-state index in [0.29, 0.717) is 25.9 Å². The van der Waals surface area contributed by atoms with Gasteiger partial charge in [0, 0.05) is 38.5 Å². The summed E-state index contributed by atoms with van der Waals surface area (Å²) in [5, 5.41) is 12.1. The number of likely N-dealkylation sites (tertiary alicyclic amines) is 1. The first-order valence-corrected chi connectivity index (χ1v) is 7.31. The van der Waals surface area contributed by atoms with Crippen molar-refractivity contribution in [3.05, 3.63) is 0 Å². The standard InChI is InChI=1S/C14H24N2O3/c1-11-10-16(8-7-13(11)15-18)14(17)6-5-12-4-2-3-9-19-12/h11-12,18H,2-10H2,1H3. The molecule has 108 valence electrons. The maximum Gasteiger partial charge on any atom is 0.222 e. The van der Waals surface area contributed by atoms with Crippen LogP contribution in [0.5, 0.6) is 0 Å². The lowest BCUT2D eigenvalue weighted by Crippen LogP contribution is -2.43. The molecule has 0 aliphatic carbocycles. The van der Waals surface area contributed by atoms with E-state index < -0.39 is 0 Å². The fourth-order valence-electron chi connectivity index (χ4n) is 2.88. The highest BCUT2D eigenvalue weighted by atomic mass is 16.5. The largest absolute Gasteiger partial charge is 0.411 e. The third-order valence-electron chi connectivity index (χ3n) is 4.14. The Morgan fingerprint density at radius 2 is 2.37 bits per heavy atom. The summed E-state index contributed by atoms with van der Waals surface area (Å²) in [5.41, 5.74) is 0.805. The van der Waals surface area contributed by atoms with Crippen molar-refractivity contribution >= 4 is 11.6 Å². The topological polar surface area (TPSA) is 62.1 Å². The molecule has 0 aromatic heterocycles. The molecule has 5 heteroatoms. The lowest BCUT2D eigenvalue weighted by Gasteiger charge is -2.32. The van der Waals surface area contributed by atoms with E-state index in [2.05, 4.69) is 5.16 Å². The Kier molecular flexibility index (Phi) is 5.19. The number of amides is 1. The van der Waals surface area contributed by atoms with Gasteiger partial charge in [-0.1, -0.05) is 12.1 Å². The summed E-state index contributed by atoms with van der Waals surface area (Å²) < 4.78 is 5.65. The van der Waals surface area contributed by atoms with Crippen LogP contribution in [-0.2, 0) is 9.53 Å². The monoisotopic (exact) mass is 268 g/mol. The highest BCUT2D eigenvalue weighted by Gasteiger charge is 2.26. The number of oxime groups is 1. The average molecular weight is 268 g/mol. The van der Waals surface area contributed by atoms with Crippen LogP contribution in [0.15, 0.2) is 5.16 Å². The molecular weight excluding hydrogens is 244 g/mol. The van der Waals surface area contributed by atoms with E-state index in [1.165, 1.54) is 6.42 Å². The van der Waals surface area contributed by atoms with Gasteiger partial charge in [-0.05, 0) is 25.7 Å². The minimum absolute atomic E-state index is 0.161. The van der Waals surface area contributed by atoms with E-state index >= 15 is 0 Å². The first-order chi connectivity index (χ1) is 9.20. The molecule has 2 rings (SSSR count). The van der Waals surface area contributed by atoms with Gasteiger partial charge in [0.1, 0.15) is 0 Å². The Hall–Kier alpha value is -1.10. The Morgan fingerprint density at radius 1 is 1.53 bits per heavy atom. The van der Waals surface area contributed by atoms with Crippen molar-refractivity contribution in [2.75, 3.05) is 19.7 Å². The van der Waals surface area contributed by atoms with Crippen molar-refractivity contribution in [1.82, 2.24) is 4.90 Å². The summed E-state index contributed by atoms with van der Waals surface area (Å²) >= 11 is 0. The molecule has 2 aliphatic heterocycles. The maximum absolute atomic E-state index is 12.1. The van der Waals surface area contributed by atoms with Crippen LogP contribution in [0.25, 0.3) is 0 Å². The summed E-state index contributed by atoms with van der Waals surface area (Å²) in [7, 11) is 0. The van der Waals surface area contributed by atoms with Gasteiger partial charge in [0.2, 0.25) is 5.91 Å². The summed E-state index contributed by atoms with van der Waals surface area (Å²) in [5.74, 6) is 0.367. The summed E-state index contributed by atoms with van der Waals surface area (Å²) in [6, 6.07) is 0. The number of nitrogens with zero attached hydrogens (tertiary/aromatic N) is 2. The smallest absolute Gasteiger partial charge is 0.222 e. The van der Waals surface area contributed by atoms with E-state index in [4.69, 9.17) is 9.94 Å². The Bertz CT molecular complexity index is 338. The first kappa shape index (κ1) is 14.3. The van der Waals surface area contributed by atoms with Crippen molar-refractivity contribution in [3.63, 3.8) is 0 Å². The van der Waals surface area contributed by atoms with Crippen LogP contribution >= 0.6 is 0 Å². The van der Waals surface area contributed by atoms with Crippen molar-refractivity contribution in [2.45, 2.75) is 51.6 Å². The number of rotatable bonds is 3. The minimum atomic E-state index is 0.161. The second-order valence-electron chi connectivity index (χ2n) is 5.61. The lowest BCUT2D eigenvalue weighted by molar-refractivity contribution is -0.132. The zero-order valence-electron chi connectivity index (χ0n) is 11.7. The fraction of sp³-hybridized carbons (Fsp3) is 0.857. The molecule has 2 saturated heterocycles. The molecule has 2 aliphatic rings. The van der Waals surface area contributed by atoms with Crippen molar-refractivity contribution < 1.29 is 14.7 Å². The van der Waals surface area contributed by atoms with E-state index in [1.54, 1.807) is 0 Å². The first-order valence-electron chi connectivity index (χ1n) is 7.31. The zero-order chi connectivity index (χ0) is 13.7. The van der Waals surface area contributed by atoms with Crippen LogP contribution in [-0.4, -0.2) is 47.5 Å². The second kappa shape index (κ2) is 6.89. The number of carbonyl (C=O) groups is 1. The van der Waals surface area contributed by atoms with E-state index in [9.17, 15) is 4.79 Å². The highest BCUT2D eigenvalue weighted by molar-refractivity contribution is 5.89. The molecule has 2 atom stereocenters. The van der Waals surface area contributed by atoms with Gasteiger partial charge in [-0.15, -0.1) is 0 Å². The van der Waals surface area contributed by atoms with Gasteiger partial charge in [0.25, 0.3) is 0 Å². The molecule has 0 bridgehead atoms. The SMILES string of the molecule is CC1CN(C(=O)CCC2CCCCO2)CCC1=NO. The fourth-order valence-corrected chi connectivity index (χ4v) is 2.88. The number of hydrogen-bond donors (Lipinski definition) is 1. The Balaban J connectivity index is 1.74. The highest BCUT2D eigenvalue weighted by Crippen LogP contribution is 2.19. The van der Waals surface area contributed by atoms with Crippen molar-refractivity contribution in [3.8, 4) is 0 Å². The van der Waals surface area contributed by atoms with Gasteiger partial charge >= 0.3 is 0 Å². The number of piperidine rings is 1. The molecule has 0 radical (unpaired) electrons. The molecule has 19 heavy (non-hydrogen) atoms. The minimum Gasteiger partial charge on any atom is -0.411 e. The maximum atomic E-state index is 12.1. The van der Waals surface area contributed by atoms with Crippen molar-refractivity contribution in [1.29, 1.82) is 0 Å². The zero-order valence-corrected chi connectivity index (χ0v) is 11.7. The van der Waals surface area contributed by atoms with Gasteiger partial charge in [-0.2, -0.15) is 0 Å². The predicted molar refractivity (Wildman–Crippen MR) is 72.4 cm³/mol. The van der Waals surface area contributed by atoms with E-state index in [1.807, 2.05) is 11.8 Å². The number of carbonyl (C=O) groups excluding carboxylic acids is 1. The van der Waals surface area contributed by atoms with Gasteiger partial charge < -0.3 is 14.8 Å². The second-order valence-corrected chi connectivity index (χ2v) is 5.61. The molecule has 1 N–H and O–H groups in total. The number of ether oxygens (including phenoxy) is 1. The molecule has 0 spiro atoms. The van der Waals surface area contributed by atoms with Crippen LogP contribution < -0.4 is 0 Å². The van der Waals surface area contributed by atoms with Crippen LogP contribution in [0.4, 0.5) is 0 Å². The molecule has 0 aromatic rings. The van der Waals surface area contributed by atoms with Gasteiger partial charge in [0.05, 0.1) is 11.8 Å². The van der Waals surface area contributed by atoms with Gasteiger partial charge in [-0.3, -0.25) is 4.79 Å². The third-order valence-corrected chi connectivity index (χ3v) is 4.14. The molecule has 2 unspecified atom stereocenters. The molecule has 0 aromatic carbocycles. The van der Waals surface area contributed by atoms with Gasteiger partial charge in [-0.25, -0.2) is 0 Å². The summed E-state index contributed by atoms with van der Waals surface area (Å²) in [4.78, 5) is 14.0. The normalized spacial score (nSPS) is 30.6. The quantitative estimate of drug-likeness (QED) is 0.629. The molecule has 2 fully saturated rings. The third kappa shape index (κ3) is 3.93. The average Bonchev–Trinajstić information content (AvgIpc) is 2.45.